The molecule has 1 atom stereocenters. The Hall–Kier alpha value is -1.35. The summed E-state index contributed by atoms with van der Waals surface area (Å²) in [5.74, 6) is -0.453. The van der Waals surface area contributed by atoms with E-state index in [1.165, 1.54) is 6.42 Å². The first-order valence-corrected chi connectivity index (χ1v) is 7.60. The Morgan fingerprint density at radius 3 is 2.50 bits per heavy atom. The van der Waals surface area contributed by atoms with E-state index in [0.29, 0.717) is 13.0 Å². The molecule has 0 radical (unpaired) electrons. The molecular weight excluding hydrogens is 252 g/mol. The number of ether oxygens (including phenoxy) is 1. The Morgan fingerprint density at radius 1 is 1.25 bits per heavy atom. The molecule has 1 aromatic rings. The summed E-state index contributed by atoms with van der Waals surface area (Å²) in [6, 6.07) is 9.71. The Kier molecular flexibility index (Phi) is 5.18. The molecule has 2 rings (SSSR count). The maximum absolute atomic E-state index is 12.3. The van der Waals surface area contributed by atoms with Crippen LogP contribution in [0.25, 0.3) is 0 Å². The van der Waals surface area contributed by atoms with Crippen molar-refractivity contribution in [2.24, 2.45) is 5.92 Å². The van der Waals surface area contributed by atoms with Crippen LogP contribution in [0.1, 0.15) is 44.6 Å². The zero-order valence-electron chi connectivity index (χ0n) is 12.2. The van der Waals surface area contributed by atoms with E-state index in [1.54, 1.807) is 6.92 Å². The number of esters is 1. The Labute approximate surface area is 121 Å². The molecule has 0 bridgehead atoms. The van der Waals surface area contributed by atoms with Crippen LogP contribution >= 0.6 is 0 Å². The standard InChI is InChI=1S/C17H24O3/c1-2-20-16(18)17(19,15-11-7-4-8-12-15)13-14-9-5-3-6-10-14/h3,5-6,9-10,15,19H,2,4,7-8,11-13H2,1H3/t17-/m0/s1. The molecule has 20 heavy (non-hydrogen) atoms. The van der Waals surface area contributed by atoms with E-state index in [1.807, 2.05) is 30.3 Å². The fourth-order valence-electron chi connectivity index (χ4n) is 3.13. The van der Waals surface area contributed by atoms with Crippen molar-refractivity contribution in [3.05, 3.63) is 35.9 Å². The predicted octanol–water partition coefficient (Wildman–Crippen LogP) is 3.10. The summed E-state index contributed by atoms with van der Waals surface area (Å²) in [6.07, 6.45) is 5.52. The van der Waals surface area contributed by atoms with Gasteiger partial charge in [-0.25, -0.2) is 4.79 Å². The molecule has 1 saturated carbocycles. The SMILES string of the molecule is CCOC(=O)[C@](O)(Cc1ccccc1)C1CCCCC1. The monoisotopic (exact) mass is 276 g/mol. The quantitative estimate of drug-likeness (QED) is 0.841. The number of hydrogen-bond acceptors (Lipinski definition) is 3. The molecule has 0 aromatic heterocycles. The van der Waals surface area contributed by atoms with Crippen LogP contribution in [-0.4, -0.2) is 23.3 Å². The Bertz CT molecular complexity index is 423. The van der Waals surface area contributed by atoms with Crippen molar-refractivity contribution in [1.29, 1.82) is 0 Å². The van der Waals surface area contributed by atoms with Gasteiger partial charge in [0.1, 0.15) is 0 Å². The predicted molar refractivity (Wildman–Crippen MR) is 78.3 cm³/mol. The maximum Gasteiger partial charge on any atom is 0.338 e. The molecule has 1 aliphatic carbocycles. The third-order valence-corrected chi connectivity index (χ3v) is 4.23. The lowest BCUT2D eigenvalue weighted by Crippen LogP contribution is -2.49. The van der Waals surface area contributed by atoms with Gasteiger partial charge >= 0.3 is 5.97 Å². The van der Waals surface area contributed by atoms with Crippen LogP contribution in [0.4, 0.5) is 0 Å². The van der Waals surface area contributed by atoms with Gasteiger partial charge in [0.15, 0.2) is 5.60 Å². The molecule has 0 saturated heterocycles. The minimum atomic E-state index is -1.38. The molecule has 0 amide bonds. The first kappa shape index (κ1) is 15.0. The first-order valence-electron chi connectivity index (χ1n) is 7.60. The lowest BCUT2D eigenvalue weighted by molar-refractivity contribution is -0.173. The fraction of sp³-hybridized carbons (Fsp3) is 0.588. The van der Waals surface area contributed by atoms with Gasteiger partial charge in [0, 0.05) is 6.42 Å². The molecule has 0 unspecified atom stereocenters. The van der Waals surface area contributed by atoms with Gasteiger partial charge in [-0.3, -0.25) is 0 Å². The lowest BCUT2D eigenvalue weighted by atomic mass is 9.74. The third-order valence-electron chi connectivity index (χ3n) is 4.23. The van der Waals surface area contributed by atoms with Gasteiger partial charge in [-0.2, -0.15) is 0 Å². The van der Waals surface area contributed by atoms with Gasteiger partial charge < -0.3 is 9.84 Å². The smallest absolute Gasteiger partial charge is 0.338 e. The largest absolute Gasteiger partial charge is 0.464 e. The van der Waals surface area contributed by atoms with Gasteiger partial charge in [0.2, 0.25) is 0 Å². The summed E-state index contributed by atoms with van der Waals surface area (Å²) < 4.78 is 5.14. The Balaban J connectivity index is 2.20. The molecule has 110 valence electrons. The van der Waals surface area contributed by atoms with Crippen LogP contribution in [0.15, 0.2) is 30.3 Å². The second kappa shape index (κ2) is 6.89. The molecule has 1 fully saturated rings. The van der Waals surface area contributed by atoms with Crippen molar-refractivity contribution in [3.8, 4) is 0 Å². The maximum atomic E-state index is 12.3. The average molecular weight is 276 g/mol. The van der Waals surface area contributed by atoms with Crippen LogP contribution in [0.3, 0.4) is 0 Å². The molecule has 3 heteroatoms. The van der Waals surface area contributed by atoms with Gasteiger partial charge in [-0.1, -0.05) is 49.6 Å². The molecule has 1 aliphatic rings. The van der Waals surface area contributed by atoms with E-state index >= 15 is 0 Å². The molecule has 1 aromatic carbocycles. The Morgan fingerprint density at radius 2 is 1.90 bits per heavy atom. The van der Waals surface area contributed by atoms with Crippen molar-refractivity contribution in [2.75, 3.05) is 6.61 Å². The van der Waals surface area contributed by atoms with E-state index in [2.05, 4.69) is 0 Å². The van der Waals surface area contributed by atoms with E-state index in [-0.39, 0.29) is 5.92 Å². The number of rotatable bonds is 5. The van der Waals surface area contributed by atoms with Gasteiger partial charge in [-0.05, 0) is 31.2 Å². The molecule has 0 spiro atoms. The molecule has 1 N–H and O–H groups in total. The fourth-order valence-corrected chi connectivity index (χ4v) is 3.13. The second-order valence-electron chi connectivity index (χ2n) is 5.64. The van der Waals surface area contributed by atoms with Gasteiger partial charge in [-0.15, -0.1) is 0 Å². The topological polar surface area (TPSA) is 46.5 Å². The second-order valence-corrected chi connectivity index (χ2v) is 5.64. The average Bonchev–Trinajstić information content (AvgIpc) is 2.49. The van der Waals surface area contributed by atoms with Crippen LogP contribution in [-0.2, 0) is 16.0 Å². The molecule has 0 heterocycles. The van der Waals surface area contributed by atoms with Crippen molar-refractivity contribution >= 4 is 5.97 Å². The summed E-state index contributed by atoms with van der Waals surface area (Å²) in [7, 11) is 0. The van der Waals surface area contributed by atoms with Crippen molar-refractivity contribution in [3.63, 3.8) is 0 Å². The summed E-state index contributed by atoms with van der Waals surface area (Å²) in [4.78, 5) is 12.3. The van der Waals surface area contributed by atoms with Crippen LogP contribution in [0, 0.1) is 5.92 Å². The van der Waals surface area contributed by atoms with Gasteiger partial charge in [0.05, 0.1) is 6.61 Å². The van der Waals surface area contributed by atoms with Crippen molar-refractivity contribution in [1.82, 2.24) is 0 Å². The molecule has 3 nitrogen and oxygen atoms in total. The minimum absolute atomic E-state index is 0.00973. The summed E-state index contributed by atoms with van der Waals surface area (Å²) in [6.45, 7) is 2.09. The number of carbonyl (C=O) groups is 1. The normalized spacial score (nSPS) is 19.3. The minimum Gasteiger partial charge on any atom is -0.464 e. The molecule has 0 aliphatic heterocycles. The highest BCUT2D eigenvalue weighted by atomic mass is 16.5. The number of benzene rings is 1. The molecular formula is C17H24O3. The summed E-state index contributed by atoms with van der Waals surface area (Å²) in [5.41, 5.74) is -0.397. The summed E-state index contributed by atoms with van der Waals surface area (Å²) >= 11 is 0. The van der Waals surface area contributed by atoms with E-state index in [4.69, 9.17) is 4.74 Å². The number of carbonyl (C=O) groups excluding carboxylic acids is 1. The highest BCUT2D eigenvalue weighted by molar-refractivity contribution is 5.80. The van der Waals surface area contributed by atoms with E-state index in [0.717, 1.165) is 31.2 Å². The highest BCUT2D eigenvalue weighted by Gasteiger charge is 2.45. The van der Waals surface area contributed by atoms with E-state index < -0.39 is 11.6 Å². The van der Waals surface area contributed by atoms with Crippen molar-refractivity contribution in [2.45, 2.75) is 51.0 Å². The zero-order chi connectivity index (χ0) is 14.4. The van der Waals surface area contributed by atoms with Gasteiger partial charge in [0.25, 0.3) is 0 Å². The van der Waals surface area contributed by atoms with Crippen LogP contribution in [0.2, 0.25) is 0 Å². The highest BCUT2D eigenvalue weighted by Crippen LogP contribution is 2.35. The van der Waals surface area contributed by atoms with Crippen LogP contribution in [0.5, 0.6) is 0 Å². The number of hydrogen-bond donors (Lipinski definition) is 1. The van der Waals surface area contributed by atoms with Crippen molar-refractivity contribution < 1.29 is 14.6 Å². The lowest BCUT2D eigenvalue weighted by Gasteiger charge is -2.36. The van der Waals surface area contributed by atoms with E-state index in [9.17, 15) is 9.90 Å². The first-order chi connectivity index (χ1) is 9.66. The van der Waals surface area contributed by atoms with Crippen LogP contribution < -0.4 is 0 Å². The summed E-state index contributed by atoms with van der Waals surface area (Å²) in [5, 5.41) is 11.0. The third kappa shape index (κ3) is 3.40. The zero-order valence-corrected chi connectivity index (χ0v) is 12.2. The number of aliphatic hydroxyl groups is 1.